The molecule has 0 amide bonds. The summed E-state index contributed by atoms with van der Waals surface area (Å²) in [5, 5.41) is 5.74. The first-order valence-electron chi connectivity index (χ1n) is 6.43. The van der Waals surface area contributed by atoms with Crippen molar-refractivity contribution in [3.8, 4) is 5.75 Å². The number of para-hydroxylation sites is 1. The van der Waals surface area contributed by atoms with E-state index in [0.717, 1.165) is 16.1 Å². The highest BCUT2D eigenvalue weighted by atomic mass is 32.2. The Bertz CT molecular complexity index is 793. The standard InChI is InChI=1S/C14H12F2N4OS/c1-20-12-10(6-19-20)13(18-8-17-12)22-7-9-4-2-3-5-11(9)21-14(15)16/h2-6,8,14H,7H2,1H3. The van der Waals surface area contributed by atoms with Gasteiger partial charge in [0.15, 0.2) is 5.65 Å². The lowest BCUT2D eigenvalue weighted by atomic mass is 10.2. The van der Waals surface area contributed by atoms with E-state index in [4.69, 9.17) is 0 Å². The van der Waals surface area contributed by atoms with Gasteiger partial charge >= 0.3 is 6.61 Å². The summed E-state index contributed by atoms with van der Waals surface area (Å²) < 4.78 is 31.0. The molecule has 3 aromatic rings. The van der Waals surface area contributed by atoms with Crippen LogP contribution < -0.4 is 4.74 Å². The first-order chi connectivity index (χ1) is 10.6. The van der Waals surface area contributed by atoms with Crippen LogP contribution in [0.15, 0.2) is 41.8 Å². The highest BCUT2D eigenvalue weighted by molar-refractivity contribution is 7.98. The van der Waals surface area contributed by atoms with Gasteiger partial charge in [0.1, 0.15) is 17.1 Å². The maximum Gasteiger partial charge on any atom is 0.387 e. The van der Waals surface area contributed by atoms with Crippen molar-refractivity contribution in [2.24, 2.45) is 7.05 Å². The average Bonchev–Trinajstić information content (AvgIpc) is 2.88. The van der Waals surface area contributed by atoms with Gasteiger partial charge in [-0.3, -0.25) is 4.68 Å². The molecule has 3 rings (SSSR count). The fourth-order valence-corrected chi connectivity index (χ4v) is 2.99. The molecule has 1 aromatic carbocycles. The average molecular weight is 322 g/mol. The van der Waals surface area contributed by atoms with Crippen molar-refractivity contribution in [2.45, 2.75) is 17.4 Å². The third-order valence-electron chi connectivity index (χ3n) is 3.05. The van der Waals surface area contributed by atoms with Crippen LogP contribution in [0.4, 0.5) is 8.78 Å². The minimum atomic E-state index is -2.84. The second kappa shape index (κ2) is 6.27. The van der Waals surface area contributed by atoms with Crippen molar-refractivity contribution in [3.63, 3.8) is 0 Å². The van der Waals surface area contributed by atoms with Crippen molar-refractivity contribution >= 4 is 22.8 Å². The van der Waals surface area contributed by atoms with E-state index in [0.29, 0.717) is 11.3 Å². The molecule has 0 saturated heterocycles. The van der Waals surface area contributed by atoms with Crippen molar-refractivity contribution in [2.75, 3.05) is 0 Å². The highest BCUT2D eigenvalue weighted by Crippen LogP contribution is 2.30. The molecule has 0 spiro atoms. The molecule has 5 nitrogen and oxygen atoms in total. The number of aryl methyl sites for hydroxylation is 1. The minimum Gasteiger partial charge on any atom is -0.435 e. The Morgan fingerprint density at radius 3 is 2.91 bits per heavy atom. The van der Waals surface area contributed by atoms with Gasteiger partial charge in [0, 0.05) is 18.4 Å². The lowest BCUT2D eigenvalue weighted by Gasteiger charge is -2.10. The summed E-state index contributed by atoms with van der Waals surface area (Å²) in [5.41, 5.74) is 1.41. The Balaban J connectivity index is 1.83. The first-order valence-corrected chi connectivity index (χ1v) is 7.42. The van der Waals surface area contributed by atoms with E-state index < -0.39 is 6.61 Å². The summed E-state index contributed by atoms with van der Waals surface area (Å²) in [5.74, 6) is 0.644. The first kappa shape index (κ1) is 14.7. The van der Waals surface area contributed by atoms with Gasteiger partial charge in [-0.1, -0.05) is 18.2 Å². The third kappa shape index (κ3) is 3.01. The molecule has 0 atom stereocenters. The van der Waals surface area contributed by atoms with E-state index in [9.17, 15) is 8.78 Å². The fourth-order valence-electron chi connectivity index (χ4n) is 2.04. The van der Waals surface area contributed by atoms with Crippen LogP contribution in [0.25, 0.3) is 11.0 Å². The number of fused-ring (bicyclic) bond motifs is 1. The second-order valence-corrected chi connectivity index (χ2v) is 5.42. The summed E-state index contributed by atoms with van der Waals surface area (Å²) in [4.78, 5) is 8.40. The number of nitrogens with zero attached hydrogens (tertiary/aromatic N) is 4. The molecule has 0 saturated carbocycles. The van der Waals surface area contributed by atoms with Crippen LogP contribution in [-0.2, 0) is 12.8 Å². The molecular weight excluding hydrogens is 310 g/mol. The monoisotopic (exact) mass is 322 g/mol. The van der Waals surface area contributed by atoms with Gasteiger partial charge < -0.3 is 4.74 Å². The number of aromatic nitrogens is 4. The molecule has 0 bridgehead atoms. The number of rotatable bonds is 5. The van der Waals surface area contributed by atoms with Gasteiger partial charge in [0.25, 0.3) is 0 Å². The van der Waals surface area contributed by atoms with Crippen molar-refractivity contribution in [1.82, 2.24) is 19.7 Å². The quantitative estimate of drug-likeness (QED) is 0.533. The van der Waals surface area contributed by atoms with Gasteiger partial charge in [-0.15, -0.1) is 11.8 Å². The van der Waals surface area contributed by atoms with Crippen LogP contribution in [0, 0.1) is 0 Å². The van der Waals surface area contributed by atoms with Crippen LogP contribution in [0.5, 0.6) is 5.75 Å². The minimum absolute atomic E-state index is 0.182. The third-order valence-corrected chi connectivity index (χ3v) is 4.10. The van der Waals surface area contributed by atoms with Gasteiger partial charge in [-0.05, 0) is 6.07 Å². The Labute approximate surface area is 129 Å². The summed E-state index contributed by atoms with van der Waals surface area (Å²) >= 11 is 1.43. The molecule has 0 radical (unpaired) electrons. The van der Waals surface area contributed by atoms with E-state index in [2.05, 4.69) is 19.8 Å². The summed E-state index contributed by atoms with van der Waals surface area (Å²) in [6.07, 6.45) is 3.16. The van der Waals surface area contributed by atoms with Crippen LogP contribution in [0.2, 0.25) is 0 Å². The molecule has 8 heteroatoms. The molecule has 114 valence electrons. The summed E-state index contributed by atoms with van der Waals surface area (Å²) in [6.45, 7) is -2.84. The number of hydrogen-bond acceptors (Lipinski definition) is 5. The molecule has 0 N–H and O–H groups in total. The number of alkyl halides is 2. The van der Waals surface area contributed by atoms with Crippen LogP contribution in [0.3, 0.4) is 0 Å². The molecule has 0 aliphatic rings. The smallest absolute Gasteiger partial charge is 0.387 e. The molecular formula is C14H12F2N4OS. The van der Waals surface area contributed by atoms with Crippen LogP contribution >= 0.6 is 11.8 Å². The molecule has 22 heavy (non-hydrogen) atoms. The Morgan fingerprint density at radius 1 is 1.27 bits per heavy atom. The van der Waals surface area contributed by atoms with Crippen molar-refractivity contribution in [1.29, 1.82) is 0 Å². The number of ether oxygens (including phenoxy) is 1. The molecule has 0 aliphatic carbocycles. The number of benzene rings is 1. The Hall–Kier alpha value is -2.22. The number of halogens is 2. The number of hydrogen-bond donors (Lipinski definition) is 0. The largest absolute Gasteiger partial charge is 0.435 e. The van der Waals surface area contributed by atoms with Crippen LogP contribution in [-0.4, -0.2) is 26.4 Å². The Morgan fingerprint density at radius 2 is 2.09 bits per heavy atom. The summed E-state index contributed by atoms with van der Waals surface area (Å²) in [7, 11) is 1.80. The normalized spacial score (nSPS) is 11.3. The molecule has 0 unspecified atom stereocenters. The van der Waals surface area contributed by atoms with Gasteiger partial charge in [-0.2, -0.15) is 13.9 Å². The van der Waals surface area contributed by atoms with Gasteiger partial charge in [0.2, 0.25) is 0 Å². The highest BCUT2D eigenvalue weighted by Gasteiger charge is 2.12. The topological polar surface area (TPSA) is 52.8 Å². The number of thioether (sulfide) groups is 1. The molecule has 0 aliphatic heterocycles. The molecule has 2 aromatic heterocycles. The maximum absolute atomic E-state index is 12.4. The van der Waals surface area contributed by atoms with Crippen molar-refractivity contribution in [3.05, 3.63) is 42.4 Å². The van der Waals surface area contributed by atoms with E-state index in [1.807, 2.05) is 0 Å². The predicted molar refractivity (Wildman–Crippen MR) is 78.9 cm³/mol. The zero-order valence-electron chi connectivity index (χ0n) is 11.6. The van der Waals surface area contributed by atoms with E-state index in [1.54, 1.807) is 36.1 Å². The van der Waals surface area contributed by atoms with E-state index in [-0.39, 0.29) is 5.75 Å². The Kier molecular flexibility index (Phi) is 4.19. The van der Waals surface area contributed by atoms with Gasteiger partial charge in [-0.25, -0.2) is 9.97 Å². The predicted octanol–water partition coefficient (Wildman–Crippen LogP) is 3.26. The SMILES string of the molecule is Cn1ncc2c(SCc3ccccc3OC(F)F)ncnc21. The maximum atomic E-state index is 12.4. The zero-order valence-corrected chi connectivity index (χ0v) is 12.4. The zero-order chi connectivity index (χ0) is 15.5. The van der Waals surface area contributed by atoms with E-state index >= 15 is 0 Å². The second-order valence-electron chi connectivity index (χ2n) is 4.46. The fraction of sp³-hybridized carbons (Fsp3) is 0.214. The lowest BCUT2D eigenvalue weighted by molar-refractivity contribution is -0.0503. The summed E-state index contributed by atoms with van der Waals surface area (Å²) in [6, 6.07) is 6.73. The van der Waals surface area contributed by atoms with Crippen LogP contribution in [0.1, 0.15) is 5.56 Å². The van der Waals surface area contributed by atoms with E-state index in [1.165, 1.54) is 24.2 Å². The molecule has 0 fully saturated rings. The van der Waals surface area contributed by atoms with Crippen molar-refractivity contribution < 1.29 is 13.5 Å². The lowest BCUT2D eigenvalue weighted by Crippen LogP contribution is -2.03. The van der Waals surface area contributed by atoms with Gasteiger partial charge in [0.05, 0.1) is 11.6 Å². The molecule has 2 heterocycles.